The Morgan fingerprint density at radius 2 is 1.96 bits per heavy atom. The molecule has 7 heteroatoms. The molecule has 23 heavy (non-hydrogen) atoms. The van der Waals surface area contributed by atoms with Gasteiger partial charge in [0.1, 0.15) is 5.75 Å². The largest absolute Gasteiger partial charge is 0.494 e. The number of rotatable bonds is 6. The maximum atomic E-state index is 11.9. The lowest BCUT2D eigenvalue weighted by Gasteiger charge is -2.17. The normalized spacial score (nSPS) is 11.3. The highest BCUT2D eigenvalue weighted by Crippen LogP contribution is 2.18. The van der Waals surface area contributed by atoms with Gasteiger partial charge in [-0.25, -0.2) is 0 Å². The highest BCUT2D eigenvalue weighted by Gasteiger charge is 2.16. The van der Waals surface area contributed by atoms with E-state index in [9.17, 15) is 4.79 Å². The second kappa shape index (κ2) is 7.21. The molecule has 1 aromatic heterocycles. The quantitative estimate of drug-likeness (QED) is 0.882. The van der Waals surface area contributed by atoms with Crippen molar-refractivity contribution in [1.29, 1.82) is 0 Å². The lowest BCUT2D eigenvalue weighted by molar-refractivity contribution is -0.123. The number of benzene rings is 1. The van der Waals surface area contributed by atoms with Gasteiger partial charge in [-0.15, -0.1) is 5.10 Å². The number of nitrogens with zero attached hydrogens (tertiary/aromatic N) is 4. The third kappa shape index (κ3) is 5.05. The number of hydrogen-bond donors (Lipinski definition) is 1. The molecule has 0 aliphatic rings. The van der Waals surface area contributed by atoms with E-state index in [1.807, 2.05) is 52.0 Å². The second-order valence-corrected chi connectivity index (χ2v) is 6.45. The van der Waals surface area contributed by atoms with E-state index >= 15 is 0 Å². The van der Waals surface area contributed by atoms with Crippen LogP contribution in [-0.4, -0.2) is 32.7 Å². The Morgan fingerprint density at radius 1 is 1.26 bits per heavy atom. The first kappa shape index (κ1) is 16.9. The van der Waals surface area contributed by atoms with E-state index in [0.29, 0.717) is 18.9 Å². The van der Waals surface area contributed by atoms with Crippen molar-refractivity contribution in [2.75, 3.05) is 6.61 Å². The van der Waals surface area contributed by atoms with Crippen LogP contribution >= 0.6 is 0 Å². The number of amides is 1. The number of ether oxygens (including phenoxy) is 1. The molecule has 7 nitrogen and oxygen atoms in total. The van der Waals surface area contributed by atoms with Crippen LogP contribution in [0.15, 0.2) is 24.3 Å². The van der Waals surface area contributed by atoms with Gasteiger partial charge >= 0.3 is 0 Å². The van der Waals surface area contributed by atoms with Crippen LogP contribution in [0.25, 0.3) is 5.69 Å². The van der Waals surface area contributed by atoms with Crippen molar-refractivity contribution in [2.45, 2.75) is 40.7 Å². The van der Waals surface area contributed by atoms with Crippen LogP contribution in [-0.2, 0) is 11.3 Å². The van der Waals surface area contributed by atoms with Crippen LogP contribution in [0.5, 0.6) is 5.75 Å². The van der Waals surface area contributed by atoms with Gasteiger partial charge in [0.05, 0.1) is 18.8 Å². The third-order valence-corrected chi connectivity index (χ3v) is 3.06. The molecule has 1 heterocycles. The topological polar surface area (TPSA) is 81.9 Å². The molecular weight excluding hydrogens is 294 g/mol. The molecule has 0 radical (unpaired) electrons. The Labute approximate surface area is 136 Å². The lowest BCUT2D eigenvalue weighted by Crippen LogP contribution is -2.28. The maximum absolute atomic E-state index is 11.9. The Balaban J connectivity index is 2.03. The third-order valence-electron chi connectivity index (χ3n) is 3.06. The monoisotopic (exact) mass is 317 g/mol. The highest BCUT2D eigenvalue weighted by molar-refractivity contribution is 5.76. The zero-order chi connectivity index (χ0) is 16.9. The molecule has 0 atom stereocenters. The molecule has 0 aliphatic heterocycles. The minimum atomic E-state index is -0.0505. The van der Waals surface area contributed by atoms with Crippen molar-refractivity contribution in [3.05, 3.63) is 30.1 Å². The molecule has 0 unspecified atom stereocenters. The summed E-state index contributed by atoms with van der Waals surface area (Å²) in [5, 5.41) is 14.5. The van der Waals surface area contributed by atoms with Gasteiger partial charge in [-0.05, 0) is 47.0 Å². The van der Waals surface area contributed by atoms with Gasteiger partial charge in [0, 0.05) is 6.42 Å². The first-order chi connectivity index (χ1) is 10.9. The van der Waals surface area contributed by atoms with Gasteiger partial charge in [0.25, 0.3) is 0 Å². The summed E-state index contributed by atoms with van der Waals surface area (Å²) in [6.07, 6.45) is 0.456. The van der Waals surface area contributed by atoms with Crippen LogP contribution in [0.2, 0.25) is 0 Å². The van der Waals surface area contributed by atoms with Crippen molar-refractivity contribution in [3.63, 3.8) is 0 Å². The van der Waals surface area contributed by atoms with Gasteiger partial charge in [0.2, 0.25) is 5.91 Å². The van der Waals surface area contributed by atoms with Crippen LogP contribution in [0.3, 0.4) is 0 Å². The zero-order valence-corrected chi connectivity index (χ0v) is 14.0. The molecular formula is C16H23N5O2. The van der Waals surface area contributed by atoms with E-state index in [4.69, 9.17) is 4.74 Å². The van der Waals surface area contributed by atoms with E-state index in [1.54, 1.807) is 4.68 Å². The van der Waals surface area contributed by atoms with Crippen molar-refractivity contribution in [1.82, 2.24) is 25.5 Å². The molecule has 1 aromatic carbocycles. The summed E-state index contributed by atoms with van der Waals surface area (Å²) < 4.78 is 7.02. The fourth-order valence-corrected chi connectivity index (χ4v) is 2.09. The first-order valence-corrected chi connectivity index (χ1v) is 7.66. The molecule has 0 spiro atoms. The Morgan fingerprint density at radius 3 is 2.57 bits per heavy atom. The van der Waals surface area contributed by atoms with Crippen LogP contribution < -0.4 is 10.1 Å². The van der Waals surface area contributed by atoms with E-state index in [-0.39, 0.29) is 17.9 Å². The molecule has 0 bridgehead atoms. The van der Waals surface area contributed by atoms with E-state index < -0.39 is 0 Å². The number of aromatic nitrogens is 4. The molecule has 0 aliphatic carbocycles. The van der Waals surface area contributed by atoms with Gasteiger partial charge < -0.3 is 10.1 Å². The van der Waals surface area contributed by atoms with Crippen LogP contribution in [0, 0.1) is 5.41 Å². The van der Waals surface area contributed by atoms with Crippen molar-refractivity contribution < 1.29 is 9.53 Å². The van der Waals surface area contributed by atoms with Crippen molar-refractivity contribution >= 4 is 5.91 Å². The standard InChI is InChI=1S/C16H23N5O2/c1-5-23-13-8-6-12(7-9-13)21-14(18-19-20-21)11-17-15(22)10-16(2,3)4/h6-9H,5,10-11H2,1-4H3,(H,17,22). The number of carbonyl (C=O) groups excluding carboxylic acids is 1. The lowest BCUT2D eigenvalue weighted by atomic mass is 9.92. The molecule has 0 saturated heterocycles. The second-order valence-electron chi connectivity index (χ2n) is 6.45. The maximum Gasteiger partial charge on any atom is 0.220 e. The van der Waals surface area contributed by atoms with Gasteiger partial charge in [0.15, 0.2) is 5.82 Å². The summed E-state index contributed by atoms with van der Waals surface area (Å²) >= 11 is 0. The molecule has 2 rings (SSSR count). The number of hydrogen-bond acceptors (Lipinski definition) is 5. The number of nitrogens with one attached hydrogen (secondary N) is 1. The molecule has 1 N–H and O–H groups in total. The summed E-state index contributed by atoms with van der Waals surface area (Å²) in [5.41, 5.74) is 0.768. The molecule has 2 aromatic rings. The van der Waals surface area contributed by atoms with Gasteiger partial charge in [-0.2, -0.15) is 4.68 Å². The SMILES string of the molecule is CCOc1ccc(-n2nnnc2CNC(=O)CC(C)(C)C)cc1. The fraction of sp³-hybridized carbons (Fsp3) is 0.500. The van der Waals surface area contributed by atoms with E-state index in [1.165, 1.54) is 0 Å². The Hall–Kier alpha value is -2.44. The summed E-state index contributed by atoms with van der Waals surface area (Å²) in [6, 6.07) is 7.48. The molecule has 0 saturated carbocycles. The van der Waals surface area contributed by atoms with E-state index in [2.05, 4.69) is 20.8 Å². The predicted molar refractivity (Wildman–Crippen MR) is 86.2 cm³/mol. The average Bonchev–Trinajstić information content (AvgIpc) is 2.93. The van der Waals surface area contributed by atoms with E-state index in [0.717, 1.165) is 11.4 Å². The summed E-state index contributed by atoms with van der Waals surface area (Å²) in [6.45, 7) is 8.92. The van der Waals surface area contributed by atoms with Gasteiger partial charge in [-0.3, -0.25) is 4.79 Å². The number of tetrazole rings is 1. The molecule has 124 valence electrons. The predicted octanol–water partition coefficient (Wildman–Crippen LogP) is 2.11. The smallest absolute Gasteiger partial charge is 0.220 e. The highest BCUT2D eigenvalue weighted by atomic mass is 16.5. The van der Waals surface area contributed by atoms with Crippen LogP contribution in [0.1, 0.15) is 39.9 Å². The molecule has 1 amide bonds. The fourth-order valence-electron chi connectivity index (χ4n) is 2.09. The minimum absolute atomic E-state index is 0.0151. The van der Waals surface area contributed by atoms with Gasteiger partial charge in [-0.1, -0.05) is 20.8 Å². The van der Waals surface area contributed by atoms with Crippen LogP contribution in [0.4, 0.5) is 0 Å². The summed E-state index contributed by atoms with van der Waals surface area (Å²) in [7, 11) is 0. The number of carbonyl (C=O) groups is 1. The summed E-state index contributed by atoms with van der Waals surface area (Å²) in [5.74, 6) is 1.36. The molecule has 0 fully saturated rings. The average molecular weight is 317 g/mol. The summed E-state index contributed by atoms with van der Waals surface area (Å²) in [4.78, 5) is 11.9. The zero-order valence-electron chi connectivity index (χ0n) is 14.0. The first-order valence-electron chi connectivity index (χ1n) is 7.66. The Kier molecular flexibility index (Phi) is 5.31. The van der Waals surface area contributed by atoms with Crippen molar-refractivity contribution in [3.8, 4) is 11.4 Å². The van der Waals surface area contributed by atoms with Crippen molar-refractivity contribution in [2.24, 2.45) is 5.41 Å². The Bertz CT molecular complexity index is 643. The minimum Gasteiger partial charge on any atom is -0.494 e.